The van der Waals surface area contributed by atoms with Gasteiger partial charge in [0, 0.05) is 24.7 Å². The number of amides is 2. The van der Waals surface area contributed by atoms with Gasteiger partial charge in [0.25, 0.3) is 5.91 Å². The number of carbonyl (C=O) groups excluding carboxylic acids is 2. The van der Waals surface area contributed by atoms with Crippen LogP contribution in [0, 0.1) is 0 Å². The fourth-order valence-electron chi connectivity index (χ4n) is 5.73. The Balaban J connectivity index is 1.33. The molecular weight excluding hydrogens is 440 g/mol. The lowest BCUT2D eigenvalue weighted by Crippen LogP contribution is -2.61. The second kappa shape index (κ2) is 8.41. The third-order valence-corrected chi connectivity index (χ3v) is 7.40. The lowest BCUT2D eigenvalue weighted by Gasteiger charge is -2.50. The highest BCUT2D eigenvalue weighted by Crippen LogP contribution is 2.43. The highest BCUT2D eigenvalue weighted by atomic mass is 16.3. The predicted molar refractivity (Wildman–Crippen MR) is 134 cm³/mol. The van der Waals surface area contributed by atoms with Crippen LogP contribution in [-0.4, -0.2) is 28.2 Å². The van der Waals surface area contributed by atoms with E-state index in [2.05, 4.69) is 10.4 Å². The van der Waals surface area contributed by atoms with E-state index >= 15 is 0 Å². The van der Waals surface area contributed by atoms with Crippen molar-refractivity contribution in [2.75, 3.05) is 10.2 Å². The van der Waals surface area contributed by atoms with Crippen LogP contribution < -0.4 is 10.2 Å². The monoisotopic (exact) mass is 468 g/mol. The maximum atomic E-state index is 13.7. The first-order valence-electron chi connectivity index (χ1n) is 12.3. The van der Waals surface area contributed by atoms with Crippen molar-refractivity contribution in [2.45, 2.75) is 57.2 Å². The SMILES string of the molecule is CC(=O)N1N=C(c2ccc(N3C(=O)c4ccccc4NC34CCCCC4)cc2)CC1c1ccco1. The molecule has 6 rings (SSSR count). The van der Waals surface area contributed by atoms with Gasteiger partial charge >= 0.3 is 0 Å². The number of carbonyl (C=O) groups is 2. The molecule has 35 heavy (non-hydrogen) atoms. The van der Waals surface area contributed by atoms with Crippen LogP contribution in [0.5, 0.6) is 0 Å². The smallest absolute Gasteiger partial charge is 0.262 e. The summed E-state index contributed by atoms with van der Waals surface area (Å²) in [6.07, 6.45) is 7.39. The number of rotatable bonds is 3. The fraction of sp³-hybridized carbons (Fsp3) is 0.321. The van der Waals surface area contributed by atoms with E-state index in [1.165, 1.54) is 18.4 Å². The highest BCUT2D eigenvalue weighted by molar-refractivity contribution is 6.13. The summed E-state index contributed by atoms with van der Waals surface area (Å²) in [5.74, 6) is 0.632. The van der Waals surface area contributed by atoms with Crippen LogP contribution in [0.3, 0.4) is 0 Å². The van der Waals surface area contributed by atoms with Crippen molar-refractivity contribution in [1.29, 1.82) is 0 Å². The van der Waals surface area contributed by atoms with Gasteiger partial charge in [-0.3, -0.25) is 14.5 Å². The third kappa shape index (κ3) is 3.62. The van der Waals surface area contributed by atoms with Gasteiger partial charge in [-0.05, 0) is 67.6 Å². The Hall–Kier alpha value is -3.87. The molecule has 2 amide bonds. The maximum Gasteiger partial charge on any atom is 0.262 e. The molecule has 1 fully saturated rings. The van der Waals surface area contributed by atoms with E-state index in [0.29, 0.717) is 12.0 Å². The molecule has 0 saturated heterocycles. The standard InChI is InChI=1S/C28H28N4O3/c1-19(33)32-25(26-10-7-17-35-26)18-24(30-32)20-11-13-21(14-12-20)31-27(34)22-8-3-4-9-23(22)29-28(31)15-5-2-6-16-28/h3-4,7-14,17,25,29H,2,5-6,15-16,18H2,1H3. The first kappa shape index (κ1) is 21.6. The van der Waals surface area contributed by atoms with Crippen molar-refractivity contribution >= 4 is 28.9 Å². The van der Waals surface area contributed by atoms with E-state index in [9.17, 15) is 9.59 Å². The van der Waals surface area contributed by atoms with Gasteiger partial charge in [-0.15, -0.1) is 0 Å². The molecule has 7 nitrogen and oxygen atoms in total. The summed E-state index contributed by atoms with van der Waals surface area (Å²) in [5, 5.41) is 9.83. The minimum absolute atomic E-state index is 0.0350. The van der Waals surface area contributed by atoms with Crippen molar-refractivity contribution in [1.82, 2.24) is 5.01 Å². The largest absolute Gasteiger partial charge is 0.467 e. The summed E-state index contributed by atoms with van der Waals surface area (Å²) >= 11 is 0. The van der Waals surface area contributed by atoms with Crippen LogP contribution in [0.4, 0.5) is 11.4 Å². The molecule has 3 aromatic rings. The zero-order chi connectivity index (χ0) is 24.0. The molecule has 1 aliphatic carbocycles. The molecular formula is C28H28N4O3. The molecule has 7 heteroatoms. The summed E-state index contributed by atoms with van der Waals surface area (Å²) < 4.78 is 5.57. The molecule has 1 aromatic heterocycles. The summed E-state index contributed by atoms with van der Waals surface area (Å²) in [6, 6.07) is 19.2. The van der Waals surface area contributed by atoms with Crippen molar-refractivity contribution in [3.05, 3.63) is 83.8 Å². The quantitative estimate of drug-likeness (QED) is 0.534. The molecule has 3 heterocycles. The van der Waals surface area contributed by atoms with Gasteiger partial charge in [-0.25, -0.2) is 5.01 Å². The van der Waals surface area contributed by atoms with Crippen LogP contribution in [0.2, 0.25) is 0 Å². The normalized spacial score (nSPS) is 21.0. The van der Waals surface area contributed by atoms with Crippen molar-refractivity contribution < 1.29 is 14.0 Å². The van der Waals surface area contributed by atoms with Crippen LogP contribution in [0.25, 0.3) is 0 Å². The molecule has 2 aliphatic heterocycles. The number of nitrogens with one attached hydrogen (secondary N) is 1. The van der Waals surface area contributed by atoms with E-state index in [4.69, 9.17) is 4.42 Å². The predicted octanol–water partition coefficient (Wildman–Crippen LogP) is 5.71. The minimum Gasteiger partial charge on any atom is -0.467 e. The molecule has 1 atom stereocenters. The lowest BCUT2D eigenvalue weighted by atomic mass is 9.84. The van der Waals surface area contributed by atoms with Gasteiger partial charge in [-0.2, -0.15) is 5.10 Å². The van der Waals surface area contributed by atoms with E-state index in [-0.39, 0.29) is 17.9 Å². The molecule has 2 aromatic carbocycles. The fourth-order valence-corrected chi connectivity index (χ4v) is 5.73. The molecule has 1 saturated carbocycles. The summed E-state index contributed by atoms with van der Waals surface area (Å²) in [5.41, 5.74) is 3.84. The first-order valence-corrected chi connectivity index (χ1v) is 12.3. The van der Waals surface area contributed by atoms with Gasteiger partial charge < -0.3 is 9.73 Å². The van der Waals surface area contributed by atoms with Crippen molar-refractivity contribution in [2.24, 2.45) is 5.10 Å². The van der Waals surface area contributed by atoms with E-state index < -0.39 is 5.66 Å². The number of hydrogen-bond donors (Lipinski definition) is 1. The molecule has 1 N–H and O–H groups in total. The number of nitrogens with zero attached hydrogens (tertiary/aromatic N) is 3. The highest BCUT2D eigenvalue weighted by Gasteiger charge is 2.46. The lowest BCUT2D eigenvalue weighted by molar-refractivity contribution is -0.130. The van der Waals surface area contributed by atoms with Crippen molar-refractivity contribution in [3.63, 3.8) is 0 Å². The maximum absolute atomic E-state index is 13.7. The second-order valence-corrected chi connectivity index (χ2v) is 9.60. The number of hydrogen-bond acceptors (Lipinski definition) is 5. The zero-order valence-corrected chi connectivity index (χ0v) is 19.7. The summed E-state index contributed by atoms with van der Waals surface area (Å²) in [4.78, 5) is 27.9. The van der Waals surface area contributed by atoms with Gasteiger partial charge in [0.1, 0.15) is 17.5 Å². The van der Waals surface area contributed by atoms with Gasteiger partial charge in [0.15, 0.2) is 0 Å². The third-order valence-electron chi connectivity index (χ3n) is 7.40. The van der Waals surface area contributed by atoms with Crippen LogP contribution in [0.1, 0.15) is 73.2 Å². The van der Waals surface area contributed by atoms with Gasteiger partial charge in [0.05, 0.1) is 17.5 Å². The molecule has 1 unspecified atom stereocenters. The number of benzene rings is 2. The molecule has 0 radical (unpaired) electrons. The Labute approximate surface area is 204 Å². The Morgan fingerprint density at radius 1 is 1.03 bits per heavy atom. The molecule has 3 aliphatic rings. The van der Waals surface area contributed by atoms with E-state index in [0.717, 1.165) is 54.1 Å². The average molecular weight is 469 g/mol. The number of para-hydroxylation sites is 1. The summed E-state index contributed by atoms with van der Waals surface area (Å²) in [6.45, 7) is 1.52. The van der Waals surface area contributed by atoms with Crippen molar-refractivity contribution in [3.8, 4) is 0 Å². The van der Waals surface area contributed by atoms with E-state index in [1.54, 1.807) is 6.26 Å². The topological polar surface area (TPSA) is 78.2 Å². The first-order chi connectivity index (χ1) is 17.1. The number of anilines is 2. The van der Waals surface area contributed by atoms with Gasteiger partial charge in [-0.1, -0.05) is 30.7 Å². The Morgan fingerprint density at radius 3 is 2.51 bits per heavy atom. The average Bonchev–Trinajstić information content (AvgIpc) is 3.55. The molecule has 1 spiro atoms. The van der Waals surface area contributed by atoms with E-state index in [1.807, 2.05) is 65.6 Å². The Kier molecular flexibility index (Phi) is 5.20. The summed E-state index contributed by atoms with van der Waals surface area (Å²) in [7, 11) is 0. The van der Waals surface area contributed by atoms with Crippen LogP contribution in [-0.2, 0) is 4.79 Å². The van der Waals surface area contributed by atoms with Crippen LogP contribution in [0.15, 0.2) is 76.4 Å². The number of hydrazone groups is 1. The second-order valence-electron chi connectivity index (χ2n) is 9.60. The minimum atomic E-state index is -0.411. The van der Waals surface area contributed by atoms with Gasteiger partial charge in [0.2, 0.25) is 5.91 Å². The zero-order valence-electron chi connectivity index (χ0n) is 19.7. The number of fused-ring (bicyclic) bond motifs is 1. The molecule has 0 bridgehead atoms. The number of furan rings is 1. The Morgan fingerprint density at radius 2 is 1.80 bits per heavy atom. The Bertz CT molecular complexity index is 1290. The molecule has 178 valence electrons. The van der Waals surface area contributed by atoms with Crippen LogP contribution >= 0.6 is 0 Å².